The van der Waals surface area contributed by atoms with Gasteiger partial charge in [-0.1, -0.05) is 49.4 Å². The van der Waals surface area contributed by atoms with Crippen molar-refractivity contribution in [3.63, 3.8) is 0 Å². The molecule has 154 valence electrons. The molecule has 0 aliphatic carbocycles. The lowest BCUT2D eigenvalue weighted by Gasteiger charge is -2.39. The normalized spacial score (nSPS) is 15.1. The van der Waals surface area contributed by atoms with E-state index in [1.165, 1.54) is 12.7 Å². The number of carbonyl (C=O) groups is 2. The van der Waals surface area contributed by atoms with Gasteiger partial charge in [0.25, 0.3) is 0 Å². The van der Waals surface area contributed by atoms with Gasteiger partial charge in [0.2, 0.25) is 5.91 Å². The number of hydrogen-bond acceptors (Lipinski definition) is 4. The topological polar surface area (TPSA) is 49.9 Å². The van der Waals surface area contributed by atoms with E-state index < -0.39 is 5.97 Å². The summed E-state index contributed by atoms with van der Waals surface area (Å²) in [7, 11) is 1.37. The van der Waals surface area contributed by atoms with Crippen molar-refractivity contribution in [2.45, 2.75) is 38.6 Å². The Kier molecular flexibility index (Phi) is 7.42. The number of esters is 1. The van der Waals surface area contributed by atoms with Gasteiger partial charge in [0.1, 0.15) is 0 Å². The van der Waals surface area contributed by atoms with Gasteiger partial charge in [-0.15, -0.1) is 0 Å². The fourth-order valence-corrected chi connectivity index (χ4v) is 4.00. The van der Waals surface area contributed by atoms with Gasteiger partial charge in [-0.05, 0) is 37.0 Å². The number of carbonyl (C=O) groups excluding carboxylic acids is 2. The minimum absolute atomic E-state index is 0.0455. The molecule has 0 atom stereocenters. The molecule has 1 aliphatic heterocycles. The molecule has 1 saturated heterocycles. The molecule has 0 radical (unpaired) electrons. The van der Waals surface area contributed by atoms with Crippen LogP contribution in [0.15, 0.2) is 54.6 Å². The highest BCUT2D eigenvalue weighted by atomic mass is 16.5. The second-order valence-electron chi connectivity index (χ2n) is 7.43. The molecule has 5 heteroatoms. The number of piperidine rings is 1. The van der Waals surface area contributed by atoms with Crippen LogP contribution in [-0.2, 0) is 16.0 Å². The van der Waals surface area contributed by atoms with Gasteiger partial charge in [0.15, 0.2) is 0 Å². The van der Waals surface area contributed by atoms with Crippen molar-refractivity contribution in [1.29, 1.82) is 0 Å². The summed E-state index contributed by atoms with van der Waals surface area (Å²) in [6.45, 7) is 4.79. The van der Waals surface area contributed by atoms with Crippen LogP contribution in [0.5, 0.6) is 0 Å². The van der Waals surface area contributed by atoms with Gasteiger partial charge >= 0.3 is 5.97 Å². The third-order valence-electron chi connectivity index (χ3n) is 5.62. The Morgan fingerprint density at radius 1 is 1.03 bits per heavy atom. The highest BCUT2D eigenvalue weighted by Crippen LogP contribution is 2.28. The number of benzene rings is 2. The molecule has 2 aromatic carbocycles. The van der Waals surface area contributed by atoms with Crippen molar-refractivity contribution in [3.05, 3.63) is 65.7 Å². The number of nitrogens with zero attached hydrogens (tertiary/aromatic N) is 2. The lowest BCUT2D eigenvalue weighted by molar-refractivity contribution is -0.119. The summed E-state index contributed by atoms with van der Waals surface area (Å²) in [4.78, 5) is 29.4. The number of methoxy groups -OCH3 is 1. The largest absolute Gasteiger partial charge is 0.465 e. The third-order valence-corrected chi connectivity index (χ3v) is 5.62. The van der Waals surface area contributed by atoms with E-state index in [1.54, 1.807) is 12.1 Å². The number of amides is 1. The van der Waals surface area contributed by atoms with Gasteiger partial charge in [-0.25, -0.2) is 4.79 Å². The summed E-state index contributed by atoms with van der Waals surface area (Å²) < 4.78 is 4.93. The Balaban J connectivity index is 1.69. The van der Waals surface area contributed by atoms with Gasteiger partial charge < -0.3 is 14.5 Å². The summed E-state index contributed by atoms with van der Waals surface area (Å²) >= 11 is 0. The van der Waals surface area contributed by atoms with E-state index in [0.29, 0.717) is 17.7 Å². The molecule has 2 aromatic rings. The molecule has 0 bridgehead atoms. The number of hydrogen-bond donors (Lipinski definition) is 0. The summed E-state index contributed by atoms with van der Waals surface area (Å²) in [6.07, 6.45) is 3.24. The van der Waals surface area contributed by atoms with E-state index in [1.807, 2.05) is 30.0 Å². The highest BCUT2D eigenvalue weighted by molar-refractivity contribution is 6.02. The first-order chi connectivity index (χ1) is 14.1. The molecule has 0 saturated carbocycles. The zero-order valence-electron chi connectivity index (χ0n) is 17.3. The molecule has 1 fully saturated rings. The summed E-state index contributed by atoms with van der Waals surface area (Å²) in [5, 5.41) is 0. The lowest BCUT2D eigenvalue weighted by atomic mass is 9.99. The lowest BCUT2D eigenvalue weighted by Crippen LogP contribution is -2.48. The molecule has 0 unspecified atom stereocenters. The first kappa shape index (κ1) is 21.1. The van der Waals surface area contributed by atoms with Gasteiger partial charge in [-0.2, -0.15) is 0 Å². The van der Waals surface area contributed by atoms with Crippen LogP contribution >= 0.6 is 0 Å². The summed E-state index contributed by atoms with van der Waals surface area (Å²) in [6, 6.07) is 17.9. The first-order valence-electron chi connectivity index (χ1n) is 10.4. The van der Waals surface area contributed by atoms with Crippen LogP contribution in [0.4, 0.5) is 5.69 Å². The van der Waals surface area contributed by atoms with Crippen LogP contribution in [0.1, 0.15) is 42.1 Å². The molecule has 1 aliphatic rings. The fourth-order valence-electron chi connectivity index (χ4n) is 4.00. The van der Waals surface area contributed by atoms with Crippen LogP contribution < -0.4 is 4.90 Å². The van der Waals surface area contributed by atoms with E-state index >= 15 is 0 Å². The maximum Gasteiger partial charge on any atom is 0.339 e. The van der Waals surface area contributed by atoms with Gasteiger partial charge in [0.05, 0.1) is 18.4 Å². The molecular formula is C24H30N2O3. The molecular weight excluding hydrogens is 364 g/mol. The van der Waals surface area contributed by atoms with Crippen LogP contribution in [-0.4, -0.2) is 49.6 Å². The molecule has 0 aromatic heterocycles. The molecule has 5 nitrogen and oxygen atoms in total. The predicted octanol–water partition coefficient (Wildman–Crippen LogP) is 3.92. The number of anilines is 1. The monoisotopic (exact) mass is 394 g/mol. The molecule has 29 heavy (non-hydrogen) atoms. The molecule has 1 amide bonds. The number of rotatable bonds is 7. The van der Waals surface area contributed by atoms with Crippen molar-refractivity contribution in [1.82, 2.24) is 4.90 Å². The second-order valence-corrected chi connectivity index (χ2v) is 7.43. The minimum atomic E-state index is -0.408. The average Bonchev–Trinajstić information content (AvgIpc) is 2.79. The zero-order chi connectivity index (χ0) is 20.6. The smallest absolute Gasteiger partial charge is 0.339 e. The first-order valence-corrected chi connectivity index (χ1v) is 10.4. The van der Waals surface area contributed by atoms with Crippen molar-refractivity contribution in [3.8, 4) is 0 Å². The predicted molar refractivity (Wildman–Crippen MR) is 115 cm³/mol. The van der Waals surface area contributed by atoms with Crippen LogP contribution in [0.25, 0.3) is 0 Å². The SMILES string of the molecule is CCC(=O)N(c1ccccc1C(=O)OC)C1CCN(CCc2ccccc2)CC1. The Labute approximate surface area is 173 Å². The van der Waals surface area contributed by atoms with E-state index in [-0.39, 0.29) is 11.9 Å². The van der Waals surface area contributed by atoms with Crippen molar-refractivity contribution >= 4 is 17.6 Å². The molecule has 0 N–H and O–H groups in total. The van der Waals surface area contributed by atoms with Crippen LogP contribution in [0.2, 0.25) is 0 Å². The third kappa shape index (κ3) is 5.24. The summed E-state index contributed by atoms with van der Waals surface area (Å²) in [5.74, 6) is -0.362. The number of likely N-dealkylation sites (tertiary alicyclic amines) is 1. The fraction of sp³-hybridized carbons (Fsp3) is 0.417. The Morgan fingerprint density at radius 3 is 2.34 bits per heavy atom. The Hall–Kier alpha value is -2.66. The number of para-hydroxylation sites is 1. The van der Waals surface area contributed by atoms with E-state index in [9.17, 15) is 9.59 Å². The highest BCUT2D eigenvalue weighted by Gasteiger charge is 2.30. The molecule has 1 heterocycles. The molecule has 0 spiro atoms. The maximum absolute atomic E-state index is 12.8. The Morgan fingerprint density at radius 2 is 1.69 bits per heavy atom. The van der Waals surface area contributed by atoms with Gasteiger partial charge in [0, 0.05) is 32.1 Å². The van der Waals surface area contributed by atoms with Crippen molar-refractivity contribution in [2.24, 2.45) is 0 Å². The minimum Gasteiger partial charge on any atom is -0.465 e. The van der Waals surface area contributed by atoms with Crippen molar-refractivity contribution in [2.75, 3.05) is 31.6 Å². The molecule has 3 rings (SSSR count). The van der Waals surface area contributed by atoms with Crippen LogP contribution in [0.3, 0.4) is 0 Å². The van der Waals surface area contributed by atoms with E-state index in [2.05, 4.69) is 29.2 Å². The standard InChI is InChI=1S/C24H30N2O3/c1-3-23(27)26(22-12-8-7-11-21(22)24(28)29-2)20-14-17-25(18-15-20)16-13-19-9-5-4-6-10-19/h4-12,20H,3,13-18H2,1-2H3. The van der Waals surface area contributed by atoms with E-state index in [4.69, 9.17) is 4.74 Å². The Bertz CT molecular complexity index is 814. The quantitative estimate of drug-likeness (QED) is 0.668. The van der Waals surface area contributed by atoms with Gasteiger partial charge in [-0.3, -0.25) is 4.79 Å². The average molecular weight is 395 g/mol. The zero-order valence-corrected chi connectivity index (χ0v) is 17.3. The number of ether oxygens (including phenoxy) is 1. The van der Waals surface area contributed by atoms with Crippen LogP contribution in [0, 0.1) is 0 Å². The maximum atomic E-state index is 12.8. The van der Waals surface area contributed by atoms with E-state index in [0.717, 1.165) is 38.9 Å². The van der Waals surface area contributed by atoms with Crippen molar-refractivity contribution < 1.29 is 14.3 Å². The summed E-state index contributed by atoms with van der Waals surface area (Å²) in [5.41, 5.74) is 2.46. The second kappa shape index (κ2) is 10.2.